The lowest BCUT2D eigenvalue weighted by Gasteiger charge is -2.35. The molecule has 1 aromatic heterocycles. The van der Waals surface area contributed by atoms with Crippen LogP contribution in [0, 0.1) is 18.7 Å². The van der Waals surface area contributed by atoms with E-state index in [2.05, 4.69) is 19.2 Å². The average molecular weight is 507 g/mol. The molecule has 0 spiro atoms. The van der Waals surface area contributed by atoms with Crippen molar-refractivity contribution < 1.29 is 28.2 Å². The Morgan fingerprint density at radius 2 is 2.05 bits per heavy atom. The summed E-state index contributed by atoms with van der Waals surface area (Å²) in [5.74, 6) is -1.95. The Balaban J connectivity index is 1.76. The molecule has 2 heterocycles. The number of cyclic esters (lactones) is 1. The lowest BCUT2D eigenvalue weighted by atomic mass is 9.83. The Labute approximate surface area is 215 Å². The van der Waals surface area contributed by atoms with E-state index in [0.29, 0.717) is 40.9 Å². The van der Waals surface area contributed by atoms with Gasteiger partial charge in [-0.25, -0.2) is 14.2 Å². The number of allylic oxidation sites excluding steroid dienone is 1. The van der Waals surface area contributed by atoms with E-state index in [1.807, 2.05) is 12.1 Å². The molecule has 37 heavy (non-hydrogen) atoms. The molecule has 1 aromatic carbocycles. The minimum absolute atomic E-state index is 0.123. The second-order valence-electron chi connectivity index (χ2n) is 10.4. The normalized spacial score (nSPS) is 22.9. The summed E-state index contributed by atoms with van der Waals surface area (Å²) in [6.45, 7) is 9.24. The van der Waals surface area contributed by atoms with E-state index in [0.717, 1.165) is 22.1 Å². The summed E-state index contributed by atoms with van der Waals surface area (Å²) in [5, 5.41) is 4.37. The number of hydrogen-bond acceptors (Lipinski definition) is 7. The maximum absolute atomic E-state index is 14.6. The van der Waals surface area contributed by atoms with Crippen molar-refractivity contribution in [3.05, 3.63) is 57.6 Å². The highest BCUT2D eigenvalue weighted by molar-refractivity contribution is 6.05. The molecule has 0 amide bonds. The Bertz CT molecular complexity index is 1420. The van der Waals surface area contributed by atoms with Crippen LogP contribution in [0.2, 0.25) is 0 Å². The maximum Gasteiger partial charge on any atom is 0.355 e. The molecule has 7 nitrogen and oxygen atoms in total. The topological polar surface area (TPSA) is 94.6 Å². The standard InChI is InChI=1S/C29H31FN2O5/c1-6-29(37-16(5)33)23-10-18-17(9-26(34)22(23)13-36-28(29)35)8-20-21(12-31-14(2)3)19-7-15(4)24(30)11-25(19)32-27(18)20/h7,10-11,14,17,31H,6,8-9,12-13H2,1-5H3/t17?,29-/m0/s1. The summed E-state index contributed by atoms with van der Waals surface area (Å²) >= 11 is 0. The molecule has 2 atom stereocenters. The molecule has 194 valence electrons. The number of nitrogens with zero attached hydrogens (tertiary/aromatic N) is 1. The van der Waals surface area contributed by atoms with Crippen molar-refractivity contribution in [2.75, 3.05) is 6.61 Å². The van der Waals surface area contributed by atoms with Crippen molar-refractivity contribution in [2.24, 2.45) is 5.92 Å². The fourth-order valence-electron chi connectivity index (χ4n) is 5.76. The zero-order chi connectivity index (χ0) is 26.6. The summed E-state index contributed by atoms with van der Waals surface area (Å²) in [7, 11) is 0. The molecule has 1 aliphatic heterocycles. The molecule has 0 saturated carbocycles. The minimum Gasteiger partial charge on any atom is -0.457 e. The molecule has 2 aromatic rings. The number of ketones is 1. The Morgan fingerprint density at radius 1 is 1.30 bits per heavy atom. The van der Waals surface area contributed by atoms with Gasteiger partial charge in [-0.2, -0.15) is 0 Å². The van der Waals surface area contributed by atoms with E-state index >= 15 is 0 Å². The van der Waals surface area contributed by atoms with Gasteiger partial charge in [0.25, 0.3) is 0 Å². The number of fused-ring (bicyclic) bond motifs is 4. The lowest BCUT2D eigenvalue weighted by Crippen LogP contribution is -2.49. The highest BCUT2D eigenvalue weighted by atomic mass is 19.1. The van der Waals surface area contributed by atoms with Crippen molar-refractivity contribution in [2.45, 2.75) is 72.1 Å². The van der Waals surface area contributed by atoms with E-state index in [1.165, 1.54) is 13.0 Å². The van der Waals surface area contributed by atoms with Gasteiger partial charge in [-0.3, -0.25) is 9.59 Å². The molecule has 1 N–H and O–H groups in total. The van der Waals surface area contributed by atoms with Crippen LogP contribution in [0.3, 0.4) is 0 Å². The van der Waals surface area contributed by atoms with Gasteiger partial charge in [0.2, 0.25) is 5.60 Å². The number of carbonyl (C=O) groups excluding carboxylic acids is 3. The second-order valence-corrected chi connectivity index (χ2v) is 10.4. The van der Waals surface area contributed by atoms with Crippen LogP contribution in [-0.2, 0) is 36.8 Å². The number of nitrogens with one attached hydrogen (secondary N) is 1. The SMILES string of the molecule is CC[C@@]1(OC(C)=O)C(=O)OCC2=C1C=C1c3nc4cc(F)c(C)cc4c(CNC(C)C)c3CC1CC2=O. The summed E-state index contributed by atoms with van der Waals surface area (Å²) in [5.41, 5.74) is 3.69. The highest BCUT2D eigenvalue weighted by Gasteiger charge is 2.51. The summed E-state index contributed by atoms with van der Waals surface area (Å²) in [6, 6.07) is 3.53. The van der Waals surface area contributed by atoms with Gasteiger partial charge >= 0.3 is 11.9 Å². The van der Waals surface area contributed by atoms with Gasteiger partial charge in [0.05, 0.1) is 11.2 Å². The van der Waals surface area contributed by atoms with Crippen LogP contribution in [0.15, 0.2) is 29.4 Å². The fourth-order valence-corrected chi connectivity index (χ4v) is 5.76. The first kappa shape index (κ1) is 25.3. The molecular weight excluding hydrogens is 475 g/mol. The van der Waals surface area contributed by atoms with Crippen LogP contribution in [-0.4, -0.2) is 41.0 Å². The number of rotatable bonds is 5. The molecule has 0 fully saturated rings. The second kappa shape index (κ2) is 9.17. The lowest BCUT2D eigenvalue weighted by molar-refractivity contribution is -0.178. The predicted octanol–water partition coefficient (Wildman–Crippen LogP) is 4.27. The number of halogens is 1. The minimum atomic E-state index is -1.69. The number of carbonyl (C=O) groups is 3. The largest absolute Gasteiger partial charge is 0.457 e. The molecule has 1 unspecified atom stereocenters. The fraction of sp³-hybridized carbons (Fsp3) is 0.448. The molecule has 5 rings (SSSR count). The van der Waals surface area contributed by atoms with Gasteiger partial charge in [-0.05, 0) is 60.1 Å². The third kappa shape index (κ3) is 4.07. The van der Waals surface area contributed by atoms with Gasteiger partial charge < -0.3 is 14.8 Å². The van der Waals surface area contributed by atoms with Crippen molar-refractivity contribution in [1.82, 2.24) is 10.3 Å². The molecule has 0 saturated heterocycles. The molecule has 3 aliphatic rings. The van der Waals surface area contributed by atoms with Crippen LogP contribution in [0.4, 0.5) is 4.39 Å². The van der Waals surface area contributed by atoms with Gasteiger partial charge in [0.15, 0.2) is 5.78 Å². The number of ether oxygens (including phenoxy) is 2. The maximum atomic E-state index is 14.6. The van der Waals surface area contributed by atoms with Crippen LogP contribution >= 0.6 is 0 Å². The molecule has 2 aliphatic carbocycles. The number of benzene rings is 1. The first-order chi connectivity index (χ1) is 17.6. The van der Waals surface area contributed by atoms with Crippen molar-refractivity contribution in [3.8, 4) is 0 Å². The first-order valence-electron chi connectivity index (χ1n) is 12.8. The van der Waals surface area contributed by atoms with E-state index < -0.39 is 17.5 Å². The number of aryl methyl sites for hydroxylation is 1. The van der Waals surface area contributed by atoms with Crippen molar-refractivity contribution in [3.63, 3.8) is 0 Å². The number of aromatic nitrogens is 1. The predicted molar refractivity (Wildman–Crippen MR) is 136 cm³/mol. The van der Waals surface area contributed by atoms with Crippen molar-refractivity contribution in [1.29, 1.82) is 0 Å². The average Bonchev–Trinajstić information content (AvgIpc) is 3.08. The van der Waals surface area contributed by atoms with Gasteiger partial charge in [-0.1, -0.05) is 20.8 Å². The van der Waals surface area contributed by atoms with Gasteiger partial charge in [0, 0.05) is 48.5 Å². The third-order valence-electron chi connectivity index (χ3n) is 7.66. The molecular formula is C29H31FN2O5. The van der Waals surface area contributed by atoms with Crippen LogP contribution < -0.4 is 5.32 Å². The number of esters is 2. The Kier molecular flexibility index (Phi) is 6.26. The highest BCUT2D eigenvalue weighted by Crippen LogP contribution is 2.47. The number of pyridine rings is 1. The van der Waals surface area contributed by atoms with E-state index in [9.17, 15) is 18.8 Å². The van der Waals surface area contributed by atoms with E-state index in [4.69, 9.17) is 14.5 Å². The van der Waals surface area contributed by atoms with Crippen molar-refractivity contribution >= 4 is 34.2 Å². The van der Waals surface area contributed by atoms with Gasteiger partial charge in [0.1, 0.15) is 12.4 Å². The number of Topliss-reactive ketones (excluding diaryl/α,β-unsaturated/α-hetero) is 1. The van der Waals surface area contributed by atoms with Crippen LogP contribution in [0.5, 0.6) is 0 Å². The summed E-state index contributed by atoms with van der Waals surface area (Å²) in [6.07, 6.45) is 2.76. The van der Waals surface area contributed by atoms with Crippen LogP contribution in [0.25, 0.3) is 16.5 Å². The first-order valence-corrected chi connectivity index (χ1v) is 12.8. The van der Waals surface area contributed by atoms with Crippen LogP contribution in [0.1, 0.15) is 62.9 Å². The molecule has 0 radical (unpaired) electrons. The summed E-state index contributed by atoms with van der Waals surface area (Å²) < 4.78 is 25.5. The quantitative estimate of drug-likeness (QED) is 0.605. The smallest absolute Gasteiger partial charge is 0.355 e. The molecule has 0 bridgehead atoms. The zero-order valence-electron chi connectivity index (χ0n) is 21.8. The molecule has 8 heteroatoms. The number of hydrogen-bond donors (Lipinski definition) is 1. The van der Waals surface area contributed by atoms with Gasteiger partial charge in [-0.15, -0.1) is 0 Å². The zero-order valence-corrected chi connectivity index (χ0v) is 21.8. The third-order valence-corrected chi connectivity index (χ3v) is 7.66. The van der Waals surface area contributed by atoms with E-state index in [-0.39, 0.29) is 43.0 Å². The van der Waals surface area contributed by atoms with E-state index in [1.54, 1.807) is 13.8 Å². The monoisotopic (exact) mass is 506 g/mol. The Morgan fingerprint density at radius 3 is 2.73 bits per heavy atom. The summed E-state index contributed by atoms with van der Waals surface area (Å²) in [4.78, 5) is 43.4. The Hall–Kier alpha value is -3.39.